The number of aldehydes is 1. The predicted molar refractivity (Wildman–Crippen MR) is 163 cm³/mol. The third-order valence-corrected chi connectivity index (χ3v) is 14.6. The van der Waals surface area contributed by atoms with Gasteiger partial charge in [0.15, 0.2) is 0 Å². The zero-order chi connectivity index (χ0) is 30.4. The number of allylic oxidation sites excluding steroid dienone is 1. The first-order chi connectivity index (χ1) is 18.9. The maximum atomic E-state index is 13.7. The molecule has 230 valence electrons. The van der Waals surface area contributed by atoms with Crippen LogP contribution >= 0.6 is 0 Å². The SMILES string of the molecule is C=C(C)[C@@H]1CC[C@]2(C=O)CC[C@]3(C)[C@H](CC[C@@H]4[C@@]5(C)CCN(C(=O)CC(C)(C)CC(=O)O)C(C)(C)[C@@H]5CC[C@]43C)[C@@H]12. The van der Waals surface area contributed by atoms with Crippen molar-refractivity contribution in [2.45, 2.75) is 132 Å². The molecule has 5 nitrogen and oxygen atoms in total. The van der Waals surface area contributed by atoms with E-state index in [-0.39, 0.29) is 45.9 Å². The van der Waals surface area contributed by atoms with Gasteiger partial charge in [-0.3, -0.25) is 9.59 Å². The highest BCUT2D eigenvalue weighted by Gasteiger charge is 2.71. The normalized spacial score (nSPS) is 45.1. The smallest absolute Gasteiger partial charge is 0.303 e. The van der Waals surface area contributed by atoms with Crippen LogP contribution in [0.15, 0.2) is 12.2 Å². The number of carboxylic acids is 1. The highest BCUT2D eigenvalue weighted by Crippen LogP contribution is 2.76. The number of carbonyl (C=O) groups is 3. The maximum Gasteiger partial charge on any atom is 0.303 e. The van der Waals surface area contributed by atoms with Crippen molar-refractivity contribution in [1.82, 2.24) is 4.90 Å². The molecule has 4 aliphatic carbocycles. The largest absolute Gasteiger partial charge is 0.481 e. The second-order valence-corrected chi connectivity index (χ2v) is 17.4. The quantitative estimate of drug-likeness (QED) is 0.261. The van der Waals surface area contributed by atoms with E-state index in [0.29, 0.717) is 29.6 Å². The van der Waals surface area contributed by atoms with Crippen LogP contribution < -0.4 is 0 Å². The van der Waals surface area contributed by atoms with E-state index in [4.69, 9.17) is 0 Å². The molecule has 1 heterocycles. The molecule has 1 aliphatic heterocycles. The van der Waals surface area contributed by atoms with Gasteiger partial charge in [0.25, 0.3) is 0 Å². The lowest BCUT2D eigenvalue weighted by Crippen LogP contribution is -2.70. The molecule has 9 atom stereocenters. The lowest BCUT2D eigenvalue weighted by Gasteiger charge is -2.73. The average Bonchev–Trinajstić information content (AvgIpc) is 3.23. The Balaban J connectivity index is 1.44. The minimum Gasteiger partial charge on any atom is -0.481 e. The van der Waals surface area contributed by atoms with Gasteiger partial charge >= 0.3 is 5.97 Å². The van der Waals surface area contributed by atoms with Crippen molar-refractivity contribution < 1.29 is 19.5 Å². The number of carbonyl (C=O) groups excluding carboxylic acids is 2. The Labute approximate surface area is 249 Å². The minimum absolute atomic E-state index is 0.00689. The van der Waals surface area contributed by atoms with Crippen molar-refractivity contribution in [2.75, 3.05) is 6.54 Å². The monoisotopic (exact) mass is 567 g/mol. The van der Waals surface area contributed by atoms with Crippen molar-refractivity contribution >= 4 is 18.2 Å². The van der Waals surface area contributed by atoms with Gasteiger partial charge in [0.05, 0.1) is 6.42 Å². The third kappa shape index (κ3) is 4.32. The highest BCUT2D eigenvalue weighted by molar-refractivity contribution is 5.79. The molecule has 1 N–H and O–H groups in total. The number of rotatable bonds is 6. The Morgan fingerprint density at radius 3 is 2.20 bits per heavy atom. The van der Waals surface area contributed by atoms with Gasteiger partial charge in [-0.05, 0) is 130 Å². The fraction of sp³-hybridized carbons (Fsp3) is 0.861. The lowest BCUT2D eigenvalue weighted by atomic mass is 9.33. The fourth-order valence-corrected chi connectivity index (χ4v) is 12.5. The molecule has 5 heteroatoms. The molecule has 0 radical (unpaired) electrons. The Morgan fingerprint density at radius 1 is 0.902 bits per heavy atom. The molecule has 1 saturated heterocycles. The van der Waals surface area contributed by atoms with Crippen molar-refractivity contribution in [1.29, 1.82) is 0 Å². The first-order valence-corrected chi connectivity index (χ1v) is 16.5. The molecule has 0 spiro atoms. The van der Waals surface area contributed by atoms with Gasteiger partial charge in [-0.2, -0.15) is 0 Å². The van der Waals surface area contributed by atoms with Gasteiger partial charge in [0.1, 0.15) is 6.29 Å². The summed E-state index contributed by atoms with van der Waals surface area (Å²) in [5.74, 6) is 1.75. The first kappa shape index (κ1) is 30.8. The van der Waals surface area contributed by atoms with Crippen LogP contribution in [-0.4, -0.2) is 40.3 Å². The van der Waals surface area contributed by atoms with Crippen molar-refractivity contribution in [3.8, 4) is 0 Å². The Hall–Kier alpha value is -1.65. The number of hydrogen-bond donors (Lipinski definition) is 1. The van der Waals surface area contributed by atoms with Gasteiger partial charge in [-0.15, -0.1) is 0 Å². The van der Waals surface area contributed by atoms with E-state index in [1.165, 1.54) is 31.1 Å². The summed E-state index contributed by atoms with van der Waals surface area (Å²) in [6, 6.07) is 0. The minimum atomic E-state index is -0.843. The summed E-state index contributed by atoms with van der Waals surface area (Å²) in [5, 5.41) is 9.37. The average molecular weight is 568 g/mol. The number of piperidine rings is 1. The van der Waals surface area contributed by atoms with Crippen molar-refractivity contribution in [3.05, 3.63) is 12.2 Å². The van der Waals surface area contributed by atoms with Gasteiger partial charge in [0, 0.05) is 23.9 Å². The molecule has 5 aliphatic rings. The number of amides is 1. The second kappa shape index (κ2) is 9.68. The van der Waals surface area contributed by atoms with Crippen molar-refractivity contribution in [3.63, 3.8) is 0 Å². The van der Waals surface area contributed by atoms with Crippen LogP contribution in [0.25, 0.3) is 0 Å². The van der Waals surface area contributed by atoms with Crippen LogP contribution in [0.3, 0.4) is 0 Å². The molecule has 0 unspecified atom stereocenters. The van der Waals surface area contributed by atoms with Crippen LogP contribution in [-0.2, 0) is 14.4 Å². The summed E-state index contributed by atoms with van der Waals surface area (Å²) in [4.78, 5) is 40.0. The molecular weight excluding hydrogens is 510 g/mol. The lowest BCUT2D eigenvalue weighted by molar-refractivity contribution is -0.239. The summed E-state index contributed by atoms with van der Waals surface area (Å²) in [5.41, 5.74) is 0.869. The standard InChI is InChI=1S/C36H57NO4/c1-23(2)24-12-15-36(22-38)17-16-34(8)25(30(24)36)10-11-27-33(7)18-19-37(28(39)20-31(3,4)21-29(40)41)32(5,6)26(33)13-14-35(27,34)9/h22,24-27,30H,1,10-21H2,2-9H3,(H,40,41)/t24-,25+,26-,27+,30+,33-,34+,35+,36+/m0/s1. The van der Waals surface area contributed by atoms with E-state index >= 15 is 0 Å². The number of aliphatic carboxylic acids is 1. The van der Waals surface area contributed by atoms with Gasteiger partial charge < -0.3 is 14.8 Å². The zero-order valence-corrected chi connectivity index (χ0v) is 27.3. The molecule has 0 aromatic rings. The summed E-state index contributed by atoms with van der Waals surface area (Å²) >= 11 is 0. The summed E-state index contributed by atoms with van der Waals surface area (Å²) in [6.07, 6.45) is 11.7. The van der Waals surface area contributed by atoms with E-state index in [2.05, 4.69) is 53.0 Å². The highest BCUT2D eigenvalue weighted by atomic mass is 16.4. The molecule has 41 heavy (non-hydrogen) atoms. The molecule has 1 amide bonds. The van der Waals surface area contributed by atoms with Gasteiger partial charge in [-0.25, -0.2) is 0 Å². The van der Waals surface area contributed by atoms with Crippen LogP contribution in [0.4, 0.5) is 0 Å². The Morgan fingerprint density at radius 2 is 1.59 bits per heavy atom. The number of likely N-dealkylation sites (tertiary alicyclic amines) is 1. The molecule has 0 aromatic heterocycles. The van der Waals surface area contributed by atoms with E-state index in [9.17, 15) is 19.5 Å². The topological polar surface area (TPSA) is 74.7 Å². The van der Waals surface area contributed by atoms with Gasteiger partial charge in [0.2, 0.25) is 5.91 Å². The van der Waals surface area contributed by atoms with Crippen LogP contribution in [0.5, 0.6) is 0 Å². The van der Waals surface area contributed by atoms with E-state index < -0.39 is 11.4 Å². The second-order valence-electron chi connectivity index (χ2n) is 17.4. The number of hydrogen-bond acceptors (Lipinski definition) is 3. The molecule has 5 rings (SSSR count). The number of nitrogens with zero attached hydrogens (tertiary/aromatic N) is 1. The molecule has 5 fully saturated rings. The summed E-state index contributed by atoms with van der Waals surface area (Å²) < 4.78 is 0. The molecule has 4 saturated carbocycles. The fourth-order valence-electron chi connectivity index (χ4n) is 12.5. The van der Waals surface area contributed by atoms with E-state index in [1.807, 2.05) is 13.8 Å². The Kier molecular flexibility index (Phi) is 7.27. The van der Waals surface area contributed by atoms with Gasteiger partial charge in [-0.1, -0.05) is 46.8 Å². The van der Waals surface area contributed by atoms with E-state index in [0.717, 1.165) is 45.1 Å². The Bertz CT molecular complexity index is 1120. The van der Waals surface area contributed by atoms with Crippen LogP contribution in [0, 0.1) is 56.7 Å². The predicted octanol–water partition coefficient (Wildman–Crippen LogP) is 7.92. The molecule has 0 bridgehead atoms. The van der Waals surface area contributed by atoms with E-state index in [1.54, 1.807) is 0 Å². The molecule has 0 aromatic carbocycles. The summed E-state index contributed by atoms with van der Waals surface area (Å²) in [7, 11) is 0. The zero-order valence-electron chi connectivity index (χ0n) is 27.3. The van der Waals surface area contributed by atoms with Crippen LogP contribution in [0.2, 0.25) is 0 Å². The first-order valence-electron chi connectivity index (χ1n) is 16.5. The summed E-state index contributed by atoms with van der Waals surface area (Å²) in [6.45, 7) is 23.5. The third-order valence-electron chi connectivity index (χ3n) is 14.6. The molecular formula is C36H57NO4. The maximum absolute atomic E-state index is 13.7. The number of carboxylic acid groups (broad SMARTS) is 1. The van der Waals surface area contributed by atoms with Crippen LogP contribution in [0.1, 0.15) is 126 Å². The number of fused-ring (bicyclic) bond motifs is 7. The van der Waals surface area contributed by atoms with Crippen molar-refractivity contribution in [2.24, 2.45) is 56.7 Å².